The smallest absolute Gasteiger partial charge is 0.252 e. The van der Waals surface area contributed by atoms with Gasteiger partial charge in [0.25, 0.3) is 5.91 Å². The maximum absolute atomic E-state index is 13.2. The second kappa shape index (κ2) is 10.5. The normalized spacial score (nSPS) is 31.4. The molecule has 3 rings (SSSR count). The topological polar surface area (TPSA) is 97.3 Å². The molecule has 1 aliphatic heterocycles. The van der Waals surface area contributed by atoms with Gasteiger partial charge in [0, 0.05) is 26.0 Å². The van der Waals surface area contributed by atoms with Crippen molar-refractivity contribution in [3.63, 3.8) is 0 Å². The molecule has 0 radical (unpaired) electrons. The third-order valence-electron chi connectivity index (χ3n) is 5.63. The maximum atomic E-state index is 13.2. The molecule has 1 aromatic rings. The van der Waals surface area contributed by atoms with E-state index >= 15 is 0 Å². The lowest BCUT2D eigenvalue weighted by Crippen LogP contribution is -2.61. The molecule has 30 heavy (non-hydrogen) atoms. The van der Waals surface area contributed by atoms with E-state index in [1.165, 1.54) is 18.2 Å². The molecule has 0 bridgehead atoms. The molecule has 1 saturated heterocycles. The highest BCUT2D eigenvalue weighted by Gasteiger charge is 2.51. The first-order chi connectivity index (χ1) is 14.4. The standard InChI is InChI=1S/C22H30FNO6/c1-2-9-29-19-12-22(11-18(25)20(19)26,21(27)24-13-17-4-3-10-28-17)30-14-15-5-7-16(23)8-6-15/h2,5-8,17-20,25-26H,1,3-4,9-14H2,(H,24,27)/t17-,18-,19+,20-,22+/m1/s1. The highest BCUT2D eigenvalue weighted by molar-refractivity contribution is 5.85. The van der Waals surface area contributed by atoms with Crippen LogP contribution in [-0.2, 0) is 25.6 Å². The number of hydrogen-bond donors (Lipinski definition) is 3. The summed E-state index contributed by atoms with van der Waals surface area (Å²) in [5.74, 6) is -0.755. The van der Waals surface area contributed by atoms with Crippen LogP contribution in [0.4, 0.5) is 4.39 Å². The minimum Gasteiger partial charge on any atom is -0.390 e. The molecule has 2 fully saturated rings. The summed E-state index contributed by atoms with van der Waals surface area (Å²) in [6.45, 7) is 4.83. The van der Waals surface area contributed by atoms with Crippen LogP contribution < -0.4 is 5.32 Å². The van der Waals surface area contributed by atoms with Crippen LogP contribution in [0.5, 0.6) is 0 Å². The van der Waals surface area contributed by atoms with Gasteiger partial charge in [-0.2, -0.15) is 0 Å². The Morgan fingerprint density at radius 3 is 2.77 bits per heavy atom. The maximum Gasteiger partial charge on any atom is 0.252 e. The Morgan fingerprint density at radius 1 is 1.33 bits per heavy atom. The predicted molar refractivity (Wildman–Crippen MR) is 107 cm³/mol. The first-order valence-electron chi connectivity index (χ1n) is 10.3. The summed E-state index contributed by atoms with van der Waals surface area (Å²) in [7, 11) is 0. The van der Waals surface area contributed by atoms with Crippen molar-refractivity contribution in [1.29, 1.82) is 0 Å². The molecule has 1 amide bonds. The molecule has 0 spiro atoms. The summed E-state index contributed by atoms with van der Waals surface area (Å²) in [6, 6.07) is 5.79. The van der Waals surface area contributed by atoms with Gasteiger partial charge in [0.15, 0.2) is 5.60 Å². The SMILES string of the molecule is C=CCO[C@H]1C[C@](OCc2ccc(F)cc2)(C(=O)NC[C@H]2CCCO2)C[C@@H](O)[C@H]1O. The summed E-state index contributed by atoms with van der Waals surface area (Å²) < 4.78 is 30.4. The van der Waals surface area contributed by atoms with E-state index in [2.05, 4.69) is 11.9 Å². The summed E-state index contributed by atoms with van der Waals surface area (Å²) in [5, 5.41) is 23.7. The number of carbonyl (C=O) groups is 1. The van der Waals surface area contributed by atoms with Gasteiger partial charge in [0.2, 0.25) is 0 Å². The van der Waals surface area contributed by atoms with E-state index in [1.54, 1.807) is 12.1 Å². The average Bonchev–Trinajstić information content (AvgIpc) is 3.26. The van der Waals surface area contributed by atoms with E-state index in [1.807, 2.05) is 0 Å². The van der Waals surface area contributed by atoms with E-state index in [0.29, 0.717) is 18.7 Å². The minimum absolute atomic E-state index is 0.0463. The van der Waals surface area contributed by atoms with Gasteiger partial charge in [-0.15, -0.1) is 6.58 Å². The van der Waals surface area contributed by atoms with Gasteiger partial charge in [-0.1, -0.05) is 18.2 Å². The number of ether oxygens (including phenoxy) is 3. The molecule has 0 aromatic heterocycles. The van der Waals surface area contributed by atoms with E-state index in [-0.39, 0.29) is 38.0 Å². The van der Waals surface area contributed by atoms with Crippen molar-refractivity contribution in [2.75, 3.05) is 19.8 Å². The van der Waals surface area contributed by atoms with Crippen LogP contribution in [0.2, 0.25) is 0 Å². The average molecular weight is 423 g/mol. The Hall–Kier alpha value is -1.84. The molecular weight excluding hydrogens is 393 g/mol. The largest absolute Gasteiger partial charge is 0.390 e. The van der Waals surface area contributed by atoms with Crippen molar-refractivity contribution in [3.05, 3.63) is 48.3 Å². The third-order valence-corrected chi connectivity index (χ3v) is 5.63. The zero-order chi connectivity index (χ0) is 21.6. The lowest BCUT2D eigenvalue weighted by Gasteiger charge is -2.43. The number of hydrogen-bond acceptors (Lipinski definition) is 6. The summed E-state index contributed by atoms with van der Waals surface area (Å²) >= 11 is 0. The van der Waals surface area contributed by atoms with E-state index in [0.717, 1.165) is 12.8 Å². The molecule has 7 nitrogen and oxygen atoms in total. The zero-order valence-corrected chi connectivity index (χ0v) is 17.0. The second-order valence-electron chi connectivity index (χ2n) is 7.88. The number of rotatable bonds is 9. The molecule has 1 aliphatic carbocycles. The van der Waals surface area contributed by atoms with Gasteiger partial charge < -0.3 is 29.7 Å². The molecule has 5 atom stereocenters. The fourth-order valence-electron chi connectivity index (χ4n) is 3.93. The number of benzene rings is 1. The van der Waals surface area contributed by atoms with Crippen molar-refractivity contribution >= 4 is 5.91 Å². The van der Waals surface area contributed by atoms with Crippen molar-refractivity contribution < 1.29 is 33.6 Å². The first-order valence-corrected chi connectivity index (χ1v) is 10.3. The highest BCUT2D eigenvalue weighted by Crippen LogP contribution is 2.35. The number of aliphatic hydroxyl groups excluding tert-OH is 2. The molecule has 0 unspecified atom stereocenters. The van der Waals surface area contributed by atoms with Crippen LogP contribution in [0.15, 0.2) is 36.9 Å². The van der Waals surface area contributed by atoms with Gasteiger partial charge in [0.1, 0.15) is 11.9 Å². The Bertz CT molecular complexity index is 708. The van der Waals surface area contributed by atoms with Gasteiger partial charge in [-0.05, 0) is 30.5 Å². The first kappa shape index (κ1) is 22.8. The molecule has 166 valence electrons. The van der Waals surface area contributed by atoms with Crippen molar-refractivity contribution in [1.82, 2.24) is 5.32 Å². The van der Waals surface area contributed by atoms with E-state index in [4.69, 9.17) is 14.2 Å². The van der Waals surface area contributed by atoms with Crippen LogP contribution in [0.25, 0.3) is 0 Å². The number of halogens is 1. The van der Waals surface area contributed by atoms with Crippen LogP contribution in [-0.4, -0.2) is 65.9 Å². The quantitative estimate of drug-likeness (QED) is 0.521. The molecule has 2 aliphatic rings. The molecular formula is C22H30FNO6. The predicted octanol–water partition coefficient (Wildman–Crippen LogP) is 1.46. The van der Waals surface area contributed by atoms with Gasteiger partial charge in [-0.25, -0.2) is 4.39 Å². The Morgan fingerprint density at radius 2 is 2.10 bits per heavy atom. The zero-order valence-electron chi connectivity index (χ0n) is 17.0. The van der Waals surface area contributed by atoms with Gasteiger partial charge >= 0.3 is 0 Å². The molecule has 8 heteroatoms. The fraction of sp³-hybridized carbons (Fsp3) is 0.591. The Labute approximate surface area is 175 Å². The number of nitrogens with one attached hydrogen (secondary N) is 1. The van der Waals surface area contributed by atoms with Gasteiger partial charge in [-0.3, -0.25) is 4.79 Å². The summed E-state index contributed by atoms with van der Waals surface area (Å²) in [5.41, 5.74) is -0.718. The Balaban J connectivity index is 1.75. The number of carbonyl (C=O) groups excluding carboxylic acids is 1. The van der Waals surface area contributed by atoms with Crippen molar-refractivity contribution in [3.8, 4) is 0 Å². The van der Waals surface area contributed by atoms with Crippen LogP contribution in [0.3, 0.4) is 0 Å². The van der Waals surface area contributed by atoms with Crippen molar-refractivity contribution in [2.24, 2.45) is 0 Å². The fourth-order valence-corrected chi connectivity index (χ4v) is 3.93. The number of aliphatic hydroxyl groups is 2. The highest BCUT2D eigenvalue weighted by atomic mass is 19.1. The summed E-state index contributed by atoms with van der Waals surface area (Å²) in [6.07, 6.45) is 0.160. The van der Waals surface area contributed by atoms with Crippen LogP contribution >= 0.6 is 0 Å². The monoisotopic (exact) mass is 423 g/mol. The van der Waals surface area contributed by atoms with Crippen LogP contribution in [0, 0.1) is 5.82 Å². The summed E-state index contributed by atoms with van der Waals surface area (Å²) in [4.78, 5) is 13.2. The van der Waals surface area contributed by atoms with Crippen molar-refractivity contribution in [2.45, 2.75) is 62.3 Å². The lowest BCUT2D eigenvalue weighted by atomic mass is 9.78. The Kier molecular flexibility index (Phi) is 7.96. The minimum atomic E-state index is -1.41. The third kappa shape index (κ3) is 5.65. The van der Waals surface area contributed by atoms with Crippen LogP contribution in [0.1, 0.15) is 31.2 Å². The number of amides is 1. The molecule has 3 N–H and O–H groups in total. The van der Waals surface area contributed by atoms with E-state index < -0.39 is 29.8 Å². The van der Waals surface area contributed by atoms with Gasteiger partial charge in [0.05, 0.1) is 31.5 Å². The molecule has 1 heterocycles. The molecule has 1 aromatic carbocycles. The molecule has 1 saturated carbocycles. The lowest BCUT2D eigenvalue weighted by molar-refractivity contribution is -0.196. The van der Waals surface area contributed by atoms with E-state index in [9.17, 15) is 19.4 Å². The second-order valence-corrected chi connectivity index (χ2v) is 7.88.